The van der Waals surface area contributed by atoms with E-state index in [9.17, 15) is 13.2 Å². The summed E-state index contributed by atoms with van der Waals surface area (Å²) in [6.45, 7) is 5.96. The van der Waals surface area contributed by atoms with Gasteiger partial charge in [0.05, 0.1) is 0 Å². The van der Waals surface area contributed by atoms with Gasteiger partial charge in [-0.05, 0) is 41.8 Å². The predicted molar refractivity (Wildman–Crippen MR) is 101 cm³/mol. The highest BCUT2D eigenvalue weighted by atomic mass is 19.4. The van der Waals surface area contributed by atoms with Crippen LogP contribution in [-0.4, -0.2) is 55.7 Å². The first-order chi connectivity index (χ1) is 13.9. The Labute approximate surface area is 167 Å². The van der Waals surface area contributed by atoms with E-state index in [0.29, 0.717) is 0 Å². The Bertz CT molecular complexity index is 819. The molecule has 1 saturated heterocycles. The third kappa shape index (κ3) is 5.55. The van der Waals surface area contributed by atoms with Gasteiger partial charge in [0.25, 0.3) is 0 Å². The van der Waals surface area contributed by atoms with E-state index in [1.165, 1.54) is 17.7 Å². The van der Waals surface area contributed by atoms with Gasteiger partial charge in [-0.3, -0.25) is 4.90 Å². The van der Waals surface area contributed by atoms with Crippen molar-refractivity contribution in [1.82, 2.24) is 9.80 Å². The van der Waals surface area contributed by atoms with E-state index in [-0.39, 0.29) is 12.5 Å². The van der Waals surface area contributed by atoms with Crippen LogP contribution in [0.1, 0.15) is 11.1 Å². The molecule has 2 aromatic carbocycles. The fourth-order valence-electron chi connectivity index (χ4n) is 3.61. The fraction of sp³-hybridized carbons (Fsp3) is 0.429. The van der Waals surface area contributed by atoms with Crippen molar-refractivity contribution in [2.75, 3.05) is 39.5 Å². The fourth-order valence-corrected chi connectivity index (χ4v) is 3.61. The molecule has 156 valence electrons. The van der Waals surface area contributed by atoms with Crippen molar-refractivity contribution in [2.24, 2.45) is 0 Å². The smallest absolute Gasteiger partial charge is 0.454 e. The molecular weight excluding hydrogens is 385 g/mol. The highest BCUT2D eigenvalue weighted by Crippen LogP contribution is 2.32. The lowest BCUT2D eigenvalue weighted by Gasteiger charge is -2.34. The van der Waals surface area contributed by atoms with Crippen LogP contribution in [0.5, 0.6) is 17.2 Å². The van der Waals surface area contributed by atoms with Crippen molar-refractivity contribution in [3.8, 4) is 17.2 Å². The number of ether oxygens (including phenoxy) is 3. The van der Waals surface area contributed by atoms with Crippen LogP contribution < -0.4 is 14.2 Å². The molecule has 0 bridgehead atoms. The molecule has 0 N–H and O–H groups in total. The first kappa shape index (κ1) is 19.8. The molecule has 2 aliphatic heterocycles. The average molecular weight is 408 g/mol. The van der Waals surface area contributed by atoms with Crippen LogP contribution >= 0.6 is 0 Å². The Morgan fingerprint density at radius 2 is 1.48 bits per heavy atom. The quantitative estimate of drug-likeness (QED) is 0.729. The van der Waals surface area contributed by atoms with Gasteiger partial charge in [0, 0.05) is 39.3 Å². The minimum Gasteiger partial charge on any atom is -0.454 e. The monoisotopic (exact) mass is 408 g/mol. The summed E-state index contributed by atoms with van der Waals surface area (Å²) in [6, 6.07) is 12.2. The van der Waals surface area contributed by atoms with Gasteiger partial charge in [0.1, 0.15) is 5.75 Å². The molecule has 0 aliphatic carbocycles. The zero-order valence-corrected chi connectivity index (χ0v) is 16.0. The molecule has 0 radical (unpaired) electrons. The van der Waals surface area contributed by atoms with Gasteiger partial charge >= 0.3 is 6.36 Å². The first-order valence-corrected chi connectivity index (χ1v) is 9.62. The Kier molecular flexibility index (Phi) is 5.82. The normalized spacial score (nSPS) is 17.5. The maximum Gasteiger partial charge on any atom is 0.573 e. The number of benzene rings is 2. The molecule has 29 heavy (non-hydrogen) atoms. The third-order valence-corrected chi connectivity index (χ3v) is 5.18. The van der Waals surface area contributed by atoms with E-state index in [2.05, 4.69) is 20.6 Å². The number of hydrogen-bond donors (Lipinski definition) is 0. The molecule has 1 fully saturated rings. The lowest BCUT2D eigenvalue weighted by atomic mass is 10.1. The topological polar surface area (TPSA) is 34.2 Å². The maximum atomic E-state index is 12.2. The molecule has 0 spiro atoms. The second-order valence-electron chi connectivity index (χ2n) is 7.25. The Hall–Kier alpha value is -2.45. The minimum atomic E-state index is -4.65. The summed E-state index contributed by atoms with van der Waals surface area (Å²) in [5.41, 5.74) is 2.21. The number of fused-ring (bicyclic) bond motifs is 1. The lowest BCUT2D eigenvalue weighted by Crippen LogP contribution is -2.46. The average Bonchev–Trinajstić information content (AvgIpc) is 3.15. The molecule has 0 unspecified atom stereocenters. The lowest BCUT2D eigenvalue weighted by molar-refractivity contribution is -0.274. The van der Waals surface area contributed by atoms with Crippen molar-refractivity contribution in [3.05, 3.63) is 53.6 Å². The summed E-state index contributed by atoms with van der Waals surface area (Å²) in [7, 11) is 0. The van der Waals surface area contributed by atoms with Crippen molar-refractivity contribution in [3.63, 3.8) is 0 Å². The molecule has 2 aliphatic rings. The molecule has 2 heterocycles. The van der Waals surface area contributed by atoms with Gasteiger partial charge in [-0.1, -0.05) is 18.2 Å². The summed E-state index contributed by atoms with van der Waals surface area (Å²) in [5.74, 6) is 1.43. The maximum absolute atomic E-state index is 12.2. The summed E-state index contributed by atoms with van der Waals surface area (Å²) in [6.07, 6.45) is -3.85. The van der Waals surface area contributed by atoms with Crippen LogP contribution in [0.25, 0.3) is 0 Å². The molecule has 4 rings (SSSR count). The summed E-state index contributed by atoms with van der Waals surface area (Å²) >= 11 is 0. The zero-order chi connectivity index (χ0) is 20.3. The van der Waals surface area contributed by atoms with E-state index in [1.807, 2.05) is 12.1 Å². The van der Waals surface area contributed by atoms with Gasteiger partial charge in [-0.2, -0.15) is 0 Å². The van der Waals surface area contributed by atoms with Gasteiger partial charge in [0.15, 0.2) is 11.5 Å². The van der Waals surface area contributed by atoms with Crippen molar-refractivity contribution < 1.29 is 27.4 Å². The van der Waals surface area contributed by atoms with Gasteiger partial charge in [0.2, 0.25) is 6.79 Å². The van der Waals surface area contributed by atoms with Gasteiger partial charge in [-0.25, -0.2) is 0 Å². The summed E-state index contributed by atoms with van der Waals surface area (Å²) in [5, 5.41) is 0. The highest BCUT2D eigenvalue weighted by molar-refractivity contribution is 5.44. The van der Waals surface area contributed by atoms with Gasteiger partial charge < -0.3 is 19.1 Å². The van der Waals surface area contributed by atoms with E-state index in [1.54, 1.807) is 12.1 Å². The van der Waals surface area contributed by atoms with Crippen LogP contribution in [0, 0.1) is 0 Å². The first-order valence-electron chi connectivity index (χ1n) is 9.62. The van der Waals surface area contributed by atoms with E-state index in [0.717, 1.165) is 62.8 Å². The number of alkyl halides is 3. The number of piperazine rings is 1. The SMILES string of the molecule is FC(F)(F)Oc1ccc(CCN2CCN(Cc3ccc4c(c3)OCO4)CC2)cc1. The summed E-state index contributed by atoms with van der Waals surface area (Å²) in [4.78, 5) is 4.80. The number of halogens is 3. The Balaban J connectivity index is 1.20. The van der Waals surface area contributed by atoms with Crippen molar-refractivity contribution in [2.45, 2.75) is 19.3 Å². The van der Waals surface area contributed by atoms with Crippen molar-refractivity contribution in [1.29, 1.82) is 0 Å². The van der Waals surface area contributed by atoms with Gasteiger partial charge in [-0.15, -0.1) is 13.2 Å². The molecule has 0 aromatic heterocycles. The predicted octanol–water partition coefficient (Wildman–Crippen LogP) is 3.67. The molecule has 0 atom stereocenters. The van der Waals surface area contributed by atoms with Crippen LogP contribution in [-0.2, 0) is 13.0 Å². The third-order valence-electron chi connectivity index (χ3n) is 5.18. The molecule has 2 aromatic rings. The molecule has 0 saturated carbocycles. The standard InChI is InChI=1S/C21H23F3N2O3/c22-21(23,24)29-18-4-1-16(2-5-18)7-8-25-9-11-26(12-10-25)14-17-3-6-19-20(13-17)28-15-27-19/h1-6,13H,7-12,14-15H2. The van der Waals surface area contributed by atoms with Crippen LogP contribution in [0.15, 0.2) is 42.5 Å². The van der Waals surface area contributed by atoms with E-state index < -0.39 is 6.36 Å². The van der Waals surface area contributed by atoms with Crippen LogP contribution in [0.2, 0.25) is 0 Å². The minimum absolute atomic E-state index is 0.182. The largest absolute Gasteiger partial charge is 0.573 e. The highest BCUT2D eigenvalue weighted by Gasteiger charge is 2.31. The molecular formula is C21H23F3N2O3. The molecule has 0 amide bonds. The van der Waals surface area contributed by atoms with E-state index in [4.69, 9.17) is 9.47 Å². The van der Waals surface area contributed by atoms with Crippen LogP contribution in [0.3, 0.4) is 0 Å². The molecule has 5 nitrogen and oxygen atoms in total. The number of hydrogen-bond acceptors (Lipinski definition) is 5. The number of nitrogens with zero attached hydrogens (tertiary/aromatic N) is 2. The second-order valence-corrected chi connectivity index (χ2v) is 7.25. The number of rotatable bonds is 6. The molecule has 8 heteroatoms. The Morgan fingerprint density at radius 3 is 2.21 bits per heavy atom. The zero-order valence-electron chi connectivity index (χ0n) is 16.0. The summed E-state index contributed by atoms with van der Waals surface area (Å²) < 4.78 is 51.3. The second kappa shape index (κ2) is 8.51. The van der Waals surface area contributed by atoms with Crippen LogP contribution in [0.4, 0.5) is 13.2 Å². The van der Waals surface area contributed by atoms with Crippen molar-refractivity contribution >= 4 is 0 Å². The van der Waals surface area contributed by atoms with E-state index >= 15 is 0 Å². The Morgan fingerprint density at radius 1 is 0.828 bits per heavy atom.